The zero-order valence-electron chi connectivity index (χ0n) is 10.3. The SMILES string of the molecule is CCCC(C)(C)c1c(C(F)(F)F)c(Cl)nn1C. The van der Waals surface area contributed by atoms with Gasteiger partial charge in [0.25, 0.3) is 0 Å². The molecule has 0 amide bonds. The average Bonchev–Trinajstić information content (AvgIpc) is 2.40. The van der Waals surface area contributed by atoms with Gasteiger partial charge in [-0.25, -0.2) is 0 Å². The largest absolute Gasteiger partial charge is 0.421 e. The smallest absolute Gasteiger partial charge is 0.270 e. The summed E-state index contributed by atoms with van der Waals surface area (Å²) in [5.41, 5.74) is -1.26. The molecule has 0 fully saturated rings. The summed E-state index contributed by atoms with van der Waals surface area (Å²) >= 11 is 5.59. The molecule has 1 aromatic heterocycles. The molecule has 0 aliphatic rings. The fraction of sp³-hybridized carbons (Fsp3) is 0.727. The van der Waals surface area contributed by atoms with Gasteiger partial charge in [-0.1, -0.05) is 38.8 Å². The van der Waals surface area contributed by atoms with E-state index in [2.05, 4.69) is 5.10 Å². The van der Waals surface area contributed by atoms with Crippen LogP contribution in [0, 0.1) is 0 Å². The second kappa shape index (κ2) is 4.52. The Labute approximate surface area is 104 Å². The zero-order valence-corrected chi connectivity index (χ0v) is 11.1. The fourth-order valence-corrected chi connectivity index (χ4v) is 2.57. The number of hydrogen-bond donors (Lipinski definition) is 0. The zero-order chi connectivity index (χ0) is 13.4. The van der Waals surface area contributed by atoms with Gasteiger partial charge in [-0.2, -0.15) is 18.3 Å². The monoisotopic (exact) mass is 268 g/mol. The van der Waals surface area contributed by atoms with Crippen LogP contribution in [-0.4, -0.2) is 9.78 Å². The molecule has 0 unspecified atom stereocenters. The van der Waals surface area contributed by atoms with Gasteiger partial charge < -0.3 is 0 Å². The van der Waals surface area contributed by atoms with Crippen LogP contribution in [0.3, 0.4) is 0 Å². The first-order chi connectivity index (χ1) is 7.61. The Morgan fingerprint density at radius 1 is 1.29 bits per heavy atom. The topological polar surface area (TPSA) is 17.8 Å². The van der Waals surface area contributed by atoms with Crippen molar-refractivity contribution >= 4 is 11.6 Å². The molecule has 1 heterocycles. The Kier molecular flexibility index (Phi) is 3.81. The standard InChI is InChI=1S/C11H16ClF3N2/c1-5-6-10(2,3)8-7(11(13,14)15)9(12)16-17(8)4/h5-6H2,1-4H3. The van der Waals surface area contributed by atoms with Crippen molar-refractivity contribution in [3.8, 4) is 0 Å². The van der Waals surface area contributed by atoms with Crippen molar-refractivity contribution < 1.29 is 13.2 Å². The lowest BCUT2D eigenvalue weighted by Crippen LogP contribution is -2.25. The molecule has 2 nitrogen and oxygen atoms in total. The van der Waals surface area contributed by atoms with E-state index < -0.39 is 22.3 Å². The maximum Gasteiger partial charge on any atom is 0.421 e. The van der Waals surface area contributed by atoms with E-state index in [-0.39, 0.29) is 5.69 Å². The van der Waals surface area contributed by atoms with Crippen molar-refractivity contribution in [1.82, 2.24) is 9.78 Å². The summed E-state index contributed by atoms with van der Waals surface area (Å²) < 4.78 is 40.1. The van der Waals surface area contributed by atoms with Crippen molar-refractivity contribution in [3.05, 3.63) is 16.4 Å². The number of aromatic nitrogens is 2. The van der Waals surface area contributed by atoms with Crippen LogP contribution in [0.2, 0.25) is 5.15 Å². The number of aryl methyl sites for hydroxylation is 1. The van der Waals surface area contributed by atoms with Crippen LogP contribution in [0.25, 0.3) is 0 Å². The van der Waals surface area contributed by atoms with Crippen LogP contribution in [0.5, 0.6) is 0 Å². The molecule has 0 aliphatic carbocycles. The van der Waals surface area contributed by atoms with Crippen molar-refractivity contribution in [2.24, 2.45) is 7.05 Å². The Bertz CT molecular complexity index is 408. The highest BCUT2D eigenvalue weighted by atomic mass is 35.5. The summed E-state index contributed by atoms with van der Waals surface area (Å²) in [6.45, 7) is 5.49. The van der Waals surface area contributed by atoms with E-state index in [1.165, 1.54) is 11.7 Å². The summed E-state index contributed by atoms with van der Waals surface area (Å²) in [7, 11) is 1.49. The highest BCUT2D eigenvalue weighted by Gasteiger charge is 2.43. The van der Waals surface area contributed by atoms with E-state index in [0.717, 1.165) is 6.42 Å². The van der Waals surface area contributed by atoms with Crippen molar-refractivity contribution in [3.63, 3.8) is 0 Å². The molecular formula is C11H16ClF3N2. The summed E-state index contributed by atoms with van der Waals surface area (Å²) in [5, 5.41) is 3.22. The van der Waals surface area contributed by atoms with Crippen LogP contribution >= 0.6 is 11.6 Å². The van der Waals surface area contributed by atoms with Crippen LogP contribution < -0.4 is 0 Å². The van der Waals surface area contributed by atoms with E-state index in [4.69, 9.17) is 11.6 Å². The highest BCUT2D eigenvalue weighted by Crippen LogP contribution is 2.42. The van der Waals surface area contributed by atoms with Gasteiger partial charge in [0.2, 0.25) is 0 Å². The minimum absolute atomic E-state index is 0.150. The van der Waals surface area contributed by atoms with E-state index in [0.29, 0.717) is 6.42 Å². The molecule has 1 aromatic rings. The Balaban J connectivity index is 3.42. The fourth-order valence-electron chi connectivity index (χ4n) is 2.26. The van der Waals surface area contributed by atoms with Gasteiger partial charge in [-0.3, -0.25) is 4.68 Å². The average molecular weight is 269 g/mol. The molecule has 17 heavy (non-hydrogen) atoms. The lowest BCUT2D eigenvalue weighted by Gasteiger charge is -2.26. The molecule has 0 atom stereocenters. The number of hydrogen-bond acceptors (Lipinski definition) is 1. The first kappa shape index (κ1) is 14.4. The minimum atomic E-state index is -4.47. The van der Waals surface area contributed by atoms with E-state index >= 15 is 0 Å². The molecule has 98 valence electrons. The molecule has 0 radical (unpaired) electrons. The van der Waals surface area contributed by atoms with Gasteiger partial charge in [-0.05, 0) is 6.42 Å². The summed E-state index contributed by atoms with van der Waals surface area (Å²) in [6.07, 6.45) is -3.02. The lowest BCUT2D eigenvalue weighted by atomic mass is 9.82. The molecule has 0 N–H and O–H groups in total. The summed E-state index contributed by atoms with van der Waals surface area (Å²) in [4.78, 5) is 0. The predicted octanol–water partition coefficient (Wildman–Crippen LogP) is 4.17. The molecule has 0 bridgehead atoms. The third-order valence-electron chi connectivity index (χ3n) is 2.80. The second-order valence-electron chi connectivity index (χ2n) is 4.77. The first-order valence-corrected chi connectivity index (χ1v) is 5.79. The second-order valence-corrected chi connectivity index (χ2v) is 5.13. The third-order valence-corrected chi connectivity index (χ3v) is 3.07. The van der Waals surface area contributed by atoms with E-state index in [1.54, 1.807) is 13.8 Å². The number of rotatable bonds is 3. The molecule has 0 saturated heterocycles. The van der Waals surface area contributed by atoms with E-state index in [9.17, 15) is 13.2 Å². The molecule has 0 saturated carbocycles. The molecule has 0 spiro atoms. The van der Waals surface area contributed by atoms with Gasteiger partial charge in [-0.15, -0.1) is 0 Å². The summed E-state index contributed by atoms with van der Waals surface area (Å²) in [5.74, 6) is 0. The predicted molar refractivity (Wildman–Crippen MR) is 61.2 cm³/mol. The quantitative estimate of drug-likeness (QED) is 0.804. The van der Waals surface area contributed by atoms with Gasteiger partial charge in [0.15, 0.2) is 5.15 Å². The summed E-state index contributed by atoms with van der Waals surface area (Å²) in [6, 6.07) is 0. The highest BCUT2D eigenvalue weighted by molar-refractivity contribution is 6.30. The van der Waals surface area contributed by atoms with E-state index in [1.807, 2.05) is 6.92 Å². The van der Waals surface area contributed by atoms with Crippen molar-refractivity contribution in [1.29, 1.82) is 0 Å². The number of nitrogens with zero attached hydrogens (tertiary/aromatic N) is 2. The third kappa shape index (κ3) is 2.76. The van der Waals surface area contributed by atoms with Crippen molar-refractivity contribution in [2.75, 3.05) is 0 Å². The molecule has 6 heteroatoms. The normalized spacial score (nSPS) is 13.2. The van der Waals surface area contributed by atoms with Gasteiger partial charge in [0, 0.05) is 12.5 Å². The Morgan fingerprint density at radius 3 is 2.24 bits per heavy atom. The molecular weight excluding hydrogens is 253 g/mol. The van der Waals surface area contributed by atoms with Crippen LogP contribution in [0.15, 0.2) is 0 Å². The Morgan fingerprint density at radius 2 is 1.82 bits per heavy atom. The van der Waals surface area contributed by atoms with Crippen LogP contribution in [0.4, 0.5) is 13.2 Å². The molecule has 0 aliphatic heterocycles. The Hall–Kier alpha value is -0.710. The maximum absolute atomic E-state index is 13.0. The van der Waals surface area contributed by atoms with Gasteiger partial charge in [0.05, 0.1) is 5.69 Å². The molecule has 0 aromatic carbocycles. The van der Waals surface area contributed by atoms with Crippen molar-refractivity contribution in [2.45, 2.75) is 45.2 Å². The van der Waals surface area contributed by atoms with Gasteiger partial charge in [0.1, 0.15) is 5.56 Å². The minimum Gasteiger partial charge on any atom is -0.270 e. The number of alkyl halides is 3. The van der Waals surface area contributed by atoms with Crippen LogP contribution in [0.1, 0.15) is 44.9 Å². The van der Waals surface area contributed by atoms with Gasteiger partial charge >= 0.3 is 6.18 Å². The maximum atomic E-state index is 13.0. The molecule has 1 rings (SSSR count). The first-order valence-electron chi connectivity index (χ1n) is 5.41. The van der Waals surface area contributed by atoms with Crippen LogP contribution in [-0.2, 0) is 18.6 Å². The number of halogens is 4. The lowest BCUT2D eigenvalue weighted by molar-refractivity contribution is -0.138.